The summed E-state index contributed by atoms with van der Waals surface area (Å²) in [5.74, 6) is 0.690. The molecule has 1 saturated heterocycles. The summed E-state index contributed by atoms with van der Waals surface area (Å²) in [6, 6.07) is 5.47. The molecule has 0 radical (unpaired) electrons. The Morgan fingerprint density at radius 2 is 2.26 bits per heavy atom. The van der Waals surface area contributed by atoms with Gasteiger partial charge in [0.1, 0.15) is 17.5 Å². The van der Waals surface area contributed by atoms with E-state index < -0.39 is 5.60 Å². The topological polar surface area (TPSA) is 67.4 Å². The van der Waals surface area contributed by atoms with Gasteiger partial charge in [-0.25, -0.2) is 9.78 Å². The molecule has 2 heterocycles. The van der Waals surface area contributed by atoms with Crippen molar-refractivity contribution >= 4 is 28.7 Å². The Bertz CT molecular complexity index is 723. The Kier molecular flexibility index (Phi) is 4.21. The smallest absolute Gasteiger partial charge is 0.410 e. The number of amides is 1. The van der Waals surface area contributed by atoms with Crippen LogP contribution in [0.1, 0.15) is 32.7 Å². The van der Waals surface area contributed by atoms with Gasteiger partial charge in [0.2, 0.25) is 0 Å². The van der Waals surface area contributed by atoms with Crippen molar-refractivity contribution in [2.24, 2.45) is 0 Å². The Balaban J connectivity index is 1.75. The zero-order chi connectivity index (χ0) is 16.6. The van der Waals surface area contributed by atoms with E-state index in [2.05, 4.69) is 9.97 Å². The number of hydrogen-bond acceptors (Lipinski definition) is 4. The molecular formula is C16H20ClN3O3. The Morgan fingerprint density at radius 3 is 3.00 bits per heavy atom. The van der Waals surface area contributed by atoms with Gasteiger partial charge in [-0.1, -0.05) is 11.6 Å². The summed E-state index contributed by atoms with van der Waals surface area (Å²) in [6.45, 7) is 6.92. The Labute approximate surface area is 139 Å². The van der Waals surface area contributed by atoms with Crippen molar-refractivity contribution in [1.29, 1.82) is 0 Å². The maximum atomic E-state index is 12.2. The molecule has 7 heteroatoms. The summed E-state index contributed by atoms with van der Waals surface area (Å²) in [6.07, 6.45) is -0.632. The molecule has 0 saturated carbocycles. The molecule has 1 aromatic heterocycles. The Hall–Kier alpha value is -1.79. The van der Waals surface area contributed by atoms with Gasteiger partial charge in [-0.2, -0.15) is 0 Å². The lowest BCUT2D eigenvalue weighted by atomic mass is 10.2. The fourth-order valence-corrected chi connectivity index (χ4v) is 2.63. The number of nitrogens with zero attached hydrogens (tertiary/aromatic N) is 2. The molecule has 0 spiro atoms. The summed E-state index contributed by atoms with van der Waals surface area (Å²) >= 11 is 5.99. The number of imidazole rings is 1. The highest BCUT2D eigenvalue weighted by molar-refractivity contribution is 6.31. The lowest BCUT2D eigenvalue weighted by Crippen LogP contribution is -2.44. The standard InChI is InChI=1S/C16H20ClN3O3/c1-16(2,3)23-15(21)20-6-7-22-13(9-20)14-18-11-5-4-10(17)8-12(11)19-14/h4-5,8,13H,6-7,9H2,1-3H3,(H,18,19). The van der Waals surface area contributed by atoms with Crippen molar-refractivity contribution in [2.45, 2.75) is 32.5 Å². The van der Waals surface area contributed by atoms with Gasteiger partial charge in [0.15, 0.2) is 0 Å². The molecule has 1 amide bonds. The highest BCUT2D eigenvalue weighted by Gasteiger charge is 2.30. The molecule has 1 aliphatic heterocycles. The first kappa shape index (κ1) is 16.1. The lowest BCUT2D eigenvalue weighted by molar-refractivity contribution is -0.0458. The molecule has 1 unspecified atom stereocenters. The zero-order valence-corrected chi connectivity index (χ0v) is 14.2. The third-order valence-electron chi connectivity index (χ3n) is 3.49. The van der Waals surface area contributed by atoms with Gasteiger partial charge in [-0.3, -0.25) is 0 Å². The maximum absolute atomic E-state index is 12.2. The maximum Gasteiger partial charge on any atom is 0.410 e. The van der Waals surface area contributed by atoms with E-state index >= 15 is 0 Å². The summed E-state index contributed by atoms with van der Waals surface area (Å²) in [5, 5.41) is 0.646. The number of aromatic amines is 1. The molecule has 1 aromatic carbocycles. The van der Waals surface area contributed by atoms with Crippen LogP contribution in [0, 0.1) is 0 Å². The molecule has 1 N–H and O–H groups in total. The predicted molar refractivity (Wildman–Crippen MR) is 87.6 cm³/mol. The number of carbonyl (C=O) groups excluding carboxylic acids is 1. The third-order valence-corrected chi connectivity index (χ3v) is 3.72. The summed E-state index contributed by atoms with van der Waals surface area (Å²) in [4.78, 5) is 21.6. The van der Waals surface area contributed by atoms with E-state index in [1.807, 2.05) is 32.9 Å². The summed E-state index contributed by atoms with van der Waals surface area (Å²) in [5.41, 5.74) is 1.16. The van der Waals surface area contributed by atoms with Gasteiger partial charge in [0, 0.05) is 11.6 Å². The third kappa shape index (κ3) is 3.76. The molecule has 0 aliphatic carbocycles. The van der Waals surface area contributed by atoms with Gasteiger partial charge >= 0.3 is 6.09 Å². The van der Waals surface area contributed by atoms with Crippen LogP contribution < -0.4 is 0 Å². The minimum Gasteiger partial charge on any atom is -0.444 e. The first-order valence-corrected chi connectivity index (χ1v) is 7.94. The van der Waals surface area contributed by atoms with E-state index in [1.165, 1.54) is 0 Å². The van der Waals surface area contributed by atoms with Gasteiger partial charge in [0.25, 0.3) is 0 Å². The van der Waals surface area contributed by atoms with Crippen LogP contribution in [0.2, 0.25) is 5.02 Å². The number of carbonyl (C=O) groups is 1. The minimum atomic E-state index is -0.513. The molecular weight excluding hydrogens is 318 g/mol. The van der Waals surface area contributed by atoms with Gasteiger partial charge < -0.3 is 19.4 Å². The fourth-order valence-electron chi connectivity index (χ4n) is 2.46. The van der Waals surface area contributed by atoms with Crippen molar-refractivity contribution in [3.63, 3.8) is 0 Å². The molecule has 2 aromatic rings. The van der Waals surface area contributed by atoms with E-state index in [0.29, 0.717) is 30.5 Å². The van der Waals surface area contributed by atoms with E-state index in [9.17, 15) is 4.79 Å². The number of aromatic nitrogens is 2. The monoisotopic (exact) mass is 337 g/mol. The molecule has 3 rings (SSSR count). The molecule has 1 atom stereocenters. The first-order valence-electron chi connectivity index (χ1n) is 7.56. The van der Waals surface area contributed by atoms with E-state index in [4.69, 9.17) is 21.1 Å². The molecule has 0 bridgehead atoms. The van der Waals surface area contributed by atoms with Gasteiger partial charge in [0.05, 0.1) is 24.2 Å². The number of nitrogens with one attached hydrogen (secondary N) is 1. The number of ether oxygens (including phenoxy) is 2. The highest BCUT2D eigenvalue weighted by atomic mass is 35.5. The average molecular weight is 338 g/mol. The normalized spacial score (nSPS) is 19.1. The van der Waals surface area contributed by atoms with E-state index in [-0.39, 0.29) is 12.2 Å². The second-order valence-corrected chi connectivity index (χ2v) is 7.01. The number of H-pyrrole nitrogens is 1. The van der Waals surface area contributed by atoms with Crippen molar-refractivity contribution in [3.8, 4) is 0 Å². The fraction of sp³-hybridized carbons (Fsp3) is 0.500. The number of hydrogen-bond donors (Lipinski definition) is 1. The number of rotatable bonds is 1. The minimum absolute atomic E-state index is 0.303. The second-order valence-electron chi connectivity index (χ2n) is 6.57. The predicted octanol–water partition coefficient (Wildman–Crippen LogP) is 3.52. The number of benzene rings is 1. The van der Waals surface area contributed by atoms with Crippen LogP contribution in [0.3, 0.4) is 0 Å². The highest BCUT2D eigenvalue weighted by Crippen LogP contribution is 2.25. The van der Waals surface area contributed by atoms with Crippen LogP contribution in [0.5, 0.6) is 0 Å². The zero-order valence-electron chi connectivity index (χ0n) is 13.4. The SMILES string of the molecule is CC(C)(C)OC(=O)N1CCOC(c2nc3ccc(Cl)cc3[nH]2)C1. The van der Waals surface area contributed by atoms with Crippen LogP contribution in [-0.2, 0) is 9.47 Å². The van der Waals surface area contributed by atoms with Crippen LogP contribution in [-0.4, -0.2) is 46.3 Å². The van der Waals surface area contributed by atoms with Crippen LogP contribution in [0.4, 0.5) is 4.79 Å². The molecule has 1 fully saturated rings. The van der Waals surface area contributed by atoms with Crippen molar-refractivity contribution in [3.05, 3.63) is 29.0 Å². The molecule has 6 nitrogen and oxygen atoms in total. The quantitative estimate of drug-likeness (QED) is 0.864. The largest absolute Gasteiger partial charge is 0.444 e. The Morgan fingerprint density at radius 1 is 1.48 bits per heavy atom. The molecule has 1 aliphatic rings. The average Bonchev–Trinajstić information content (AvgIpc) is 2.88. The second kappa shape index (κ2) is 6.02. The number of halogens is 1. The van der Waals surface area contributed by atoms with Gasteiger partial charge in [-0.15, -0.1) is 0 Å². The van der Waals surface area contributed by atoms with Crippen LogP contribution >= 0.6 is 11.6 Å². The van der Waals surface area contributed by atoms with Gasteiger partial charge in [-0.05, 0) is 39.0 Å². The summed E-state index contributed by atoms with van der Waals surface area (Å²) < 4.78 is 11.2. The van der Waals surface area contributed by atoms with E-state index in [1.54, 1.807) is 11.0 Å². The van der Waals surface area contributed by atoms with Crippen LogP contribution in [0.25, 0.3) is 11.0 Å². The molecule has 23 heavy (non-hydrogen) atoms. The van der Waals surface area contributed by atoms with Crippen LogP contribution in [0.15, 0.2) is 18.2 Å². The van der Waals surface area contributed by atoms with Crippen molar-refractivity contribution in [2.75, 3.05) is 19.7 Å². The van der Waals surface area contributed by atoms with Crippen molar-refractivity contribution in [1.82, 2.24) is 14.9 Å². The van der Waals surface area contributed by atoms with E-state index in [0.717, 1.165) is 11.0 Å². The first-order chi connectivity index (χ1) is 10.8. The summed E-state index contributed by atoms with van der Waals surface area (Å²) in [7, 11) is 0. The number of fused-ring (bicyclic) bond motifs is 1. The van der Waals surface area contributed by atoms with Crippen molar-refractivity contribution < 1.29 is 14.3 Å². The molecule has 124 valence electrons. The lowest BCUT2D eigenvalue weighted by Gasteiger charge is -2.33. The number of morpholine rings is 1.